The predicted molar refractivity (Wildman–Crippen MR) is 115 cm³/mol. The monoisotopic (exact) mass is 499 g/mol. The maximum atomic E-state index is 13.4. The van der Waals surface area contributed by atoms with Gasteiger partial charge < -0.3 is 0 Å². The Labute approximate surface area is 192 Å². The van der Waals surface area contributed by atoms with Gasteiger partial charge in [0.15, 0.2) is 4.33 Å². The normalized spacial score (nSPS) is 36.1. The van der Waals surface area contributed by atoms with Gasteiger partial charge in [-0.05, 0) is 30.0 Å². The second-order valence-electron chi connectivity index (χ2n) is 7.79. The molecule has 2 fully saturated rings. The van der Waals surface area contributed by atoms with Gasteiger partial charge in [0.1, 0.15) is 9.75 Å². The maximum absolute atomic E-state index is 13.4. The number of imide groups is 1. The minimum atomic E-state index is -1.92. The number of carbonyl (C=O) groups is 2. The minimum Gasteiger partial charge on any atom is -0.274 e. The predicted octanol–water partition coefficient (Wildman–Crippen LogP) is 6.07. The van der Waals surface area contributed by atoms with E-state index in [-0.39, 0.29) is 16.0 Å². The zero-order valence-electron chi connectivity index (χ0n) is 15.0. The smallest absolute Gasteiger partial charge is 0.240 e. The topological polar surface area (TPSA) is 37.4 Å². The van der Waals surface area contributed by atoms with Crippen LogP contribution in [0.5, 0.6) is 0 Å². The summed E-state index contributed by atoms with van der Waals surface area (Å²) in [5.74, 6) is -3.10. The van der Waals surface area contributed by atoms with Crippen molar-refractivity contribution >= 4 is 87.1 Å². The van der Waals surface area contributed by atoms with E-state index in [9.17, 15) is 9.59 Å². The van der Waals surface area contributed by atoms with Crippen LogP contribution >= 0.6 is 69.6 Å². The zero-order valence-corrected chi connectivity index (χ0v) is 19.5. The third-order valence-electron chi connectivity index (χ3n) is 6.05. The van der Waals surface area contributed by atoms with Crippen LogP contribution in [0.4, 0.5) is 5.69 Å². The average molecular weight is 502 g/mol. The summed E-state index contributed by atoms with van der Waals surface area (Å²) in [6, 6.07) is 5.65. The number of fused-ring (bicyclic) bond motifs is 5. The zero-order chi connectivity index (χ0) is 21.0. The Morgan fingerprint density at radius 2 is 1.39 bits per heavy atom. The molecular weight excluding hydrogens is 487 g/mol. The van der Waals surface area contributed by atoms with Gasteiger partial charge in [-0.3, -0.25) is 9.59 Å². The Morgan fingerprint density at radius 1 is 0.929 bits per heavy atom. The molecule has 0 N–H and O–H groups in total. The van der Waals surface area contributed by atoms with Crippen molar-refractivity contribution in [2.75, 3.05) is 4.90 Å². The van der Waals surface area contributed by atoms with Gasteiger partial charge in [0, 0.05) is 0 Å². The molecule has 0 radical (unpaired) electrons. The first-order valence-electron chi connectivity index (χ1n) is 8.63. The quantitative estimate of drug-likeness (QED) is 0.364. The molecule has 1 aliphatic heterocycles. The second-order valence-corrected chi connectivity index (χ2v) is 11.1. The van der Waals surface area contributed by atoms with E-state index in [1.165, 1.54) is 0 Å². The van der Waals surface area contributed by atoms with Crippen LogP contribution in [0.25, 0.3) is 0 Å². The number of rotatable bonds is 2. The lowest BCUT2D eigenvalue weighted by molar-refractivity contribution is -0.123. The number of amides is 2. The van der Waals surface area contributed by atoms with Crippen LogP contribution in [0.15, 0.2) is 28.3 Å². The Morgan fingerprint density at radius 3 is 1.82 bits per heavy atom. The van der Waals surface area contributed by atoms with Crippen molar-refractivity contribution in [1.29, 1.82) is 0 Å². The number of halogens is 6. The first kappa shape index (κ1) is 21.1. The lowest BCUT2D eigenvalue weighted by Crippen LogP contribution is -2.50. The third kappa shape index (κ3) is 2.11. The summed E-state index contributed by atoms with van der Waals surface area (Å²) in [7, 11) is 0. The fourth-order valence-electron chi connectivity index (χ4n) is 4.46. The van der Waals surface area contributed by atoms with Crippen molar-refractivity contribution in [3.05, 3.63) is 39.4 Å². The molecule has 0 unspecified atom stereocenters. The molecule has 0 spiro atoms. The van der Waals surface area contributed by atoms with Crippen molar-refractivity contribution in [3.63, 3.8) is 0 Å². The van der Waals surface area contributed by atoms with E-state index in [1.807, 2.05) is 39.0 Å². The fraction of sp³-hybridized carbons (Fsp3) is 0.474. The van der Waals surface area contributed by atoms with E-state index in [4.69, 9.17) is 69.6 Å². The average Bonchev–Trinajstić information content (AvgIpc) is 3.00. The number of benzene rings is 1. The Bertz CT molecular complexity index is 927. The van der Waals surface area contributed by atoms with E-state index in [2.05, 4.69) is 0 Å². The van der Waals surface area contributed by atoms with Gasteiger partial charge in [0.05, 0.1) is 27.6 Å². The second kappa shape index (κ2) is 6.18. The highest BCUT2D eigenvalue weighted by molar-refractivity contribution is 6.67. The molecule has 28 heavy (non-hydrogen) atoms. The van der Waals surface area contributed by atoms with Crippen LogP contribution in [0, 0.1) is 18.8 Å². The third-order valence-corrected chi connectivity index (χ3v) is 10.3. The Kier molecular flexibility index (Phi) is 4.66. The van der Waals surface area contributed by atoms with Crippen molar-refractivity contribution in [2.45, 2.75) is 40.8 Å². The summed E-state index contributed by atoms with van der Waals surface area (Å²) < 4.78 is -1.92. The highest BCUT2D eigenvalue weighted by Gasteiger charge is 2.87. The van der Waals surface area contributed by atoms with Crippen LogP contribution in [-0.4, -0.2) is 25.9 Å². The highest BCUT2D eigenvalue weighted by Crippen LogP contribution is 2.77. The summed E-state index contributed by atoms with van der Waals surface area (Å²) in [6.45, 7) is 5.87. The van der Waals surface area contributed by atoms with Crippen LogP contribution in [0.1, 0.15) is 30.9 Å². The van der Waals surface area contributed by atoms with E-state index < -0.39 is 37.7 Å². The molecule has 3 nitrogen and oxygen atoms in total. The molecule has 1 saturated heterocycles. The highest BCUT2D eigenvalue weighted by atomic mass is 35.5. The molecule has 0 aromatic heterocycles. The molecule has 1 aromatic rings. The van der Waals surface area contributed by atoms with Crippen molar-refractivity contribution in [3.8, 4) is 0 Å². The summed E-state index contributed by atoms with van der Waals surface area (Å²) >= 11 is 39.1. The SMILES string of the molecule is Cc1ccc(C(C)C)cc1N1C(=O)[C@@H]2[C@@H](C1=O)[C@@]1(Cl)C(Cl)=C(Cl)[C@@]2(Cl)C1(Cl)Cl. The van der Waals surface area contributed by atoms with Gasteiger partial charge in [0.2, 0.25) is 11.8 Å². The van der Waals surface area contributed by atoms with Gasteiger partial charge in [-0.15, -0.1) is 23.2 Å². The summed E-state index contributed by atoms with van der Waals surface area (Å²) in [4.78, 5) is 24.4. The number of carbonyl (C=O) groups excluding carboxylic acids is 2. The molecule has 3 aliphatic rings. The largest absolute Gasteiger partial charge is 0.274 e. The minimum absolute atomic E-state index is 0.0901. The molecule has 150 valence electrons. The molecule has 4 rings (SSSR count). The van der Waals surface area contributed by atoms with Crippen LogP contribution in [0.2, 0.25) is 0 Å². The van der Waals surface area contributed by atoms with Gasteiger partial charge in [-0.2, -0.15) is 0 Å². The molecule has 1 aromatic carbocycles. The van der Waals surface area contributed by atoms with Crippen molar-refractivity contribution in [1.82, 2.24) is 0 Å². The van der Waals surface area contributed by atoms with Crippen molar-refractivity contribution < 1.29 is 9.59 Å². The van der Waals surface area contributed by atoms with Gasteiger partial charge in [-0.25, -0.2) is 4.90 Å². The first-order valence-corrected chi connectivity index (χ1v) is 10.9. The standard InChI is InChI=1S/C19H15Cl6NO2/c1-7(2)9-5-4-8(3)10(6-9)26-15(27)11-12(16(26)28)18(23)14(21)13(20)17(11,22)19(18,24)25/h4-7,11-12H,1-3H3/t11-,12-,17+,18+/m0/s1. The fourth-order valence-corrected chi connectivity index (χ4v) is 7.39. The summed E-state index contributed by atoms with van der Waals surface area (Å²) in [5.41, 5.74) is 2.23. The molecule has 2 bridgehead atoms. The molecular formula is C19H15Cl6NO2. The molecule has 9 heteroatoms. The van der Waals surface area contributed by atoms with Crippen LogP contribution < -0.4 is 4.90 Å². The first-order chi connectivity index (χ1) is 12.8. The van der Waals surface area contributed by atoms with E-state index in [0.717, 1.165) is 16.0 Å². The number of nitrogens with zero attached hydrogens (tertiary/aromatic N) is 1. The molecule has 1 saturated carbocycles. The number of allylic oxidation sites excluding steroid dienone is 2. The lowest BCUT2D eigenvalue weighted by Gasteiger charge is -2.34. The molecule has 2 aliphatic carbocycles. The van der Waals surface area contributed by atoms with Gasteiger partial charge >= 0.3 is 0 Å². The number of anilines is 1. The Hall–Kier alpha value is -0.160. The van der Waals surface area contributed by atoms with Gasteiger partial charge in [-0.1, -0.05) is 72.4 Å². The Balaban J connectivity index is 1.90. The number of hydrogen-bond donors (Lipinski definition) is 0. The molecule has 4 atom stereocenters. The maximum Gasteiger partial charge on any atom is 0.240 e. The number of hydrogen-bond acceptors (Lipinski definition) is 2. The summed E-state index contributed by atoms with van der Waals surface area (Å²) in [6.07, 6.45) is 0. The van der Waals surface area contributed by atoms with E-state index in [0.29, 0.717) is 5.69 Å². The van der Waals surface area contributed by atoms with E-state index in [1.54, 1.807) is 0 Å². The molecule has 1 heterocycles. The van der Waals surface area contributed by atoms with E-state index >= 15 is 0 Å². The number of aryl methyl sites for hydroxylation is 1. The lowest BCUT2D eigenvalue weighted by atomic mass is 9.84. The van der Waals surface area contributed by atoms with Crippen molar-refractivity contribution in [2.24, 2.45) is 11.8 Å². The molecule has 2 amide bonds. The number of alkyl halides is 4. The van der Waals surface area contributed by atoms with Gasteiger partial charge in [0.25, 0.3) is 0 Å². The summed E-state index contributed by atoms with van der Waals surface area (Å²) in [5, 5.41) is -0.180. The van der Waals surface area contributed by atoms with Crippen LogP contribution in [-0.2, 0) is 9.59 Å². The van der Waals surface area contributed by atoms with Crippen LogP contribution in [0.3, 0.4) is 0 Å².